The maximum absolute atomic E-state index is 13.3. The first-order valence-electron chi connectivity index (χ1n) is 10.9. The number of hydrazine groups is 2. The standard InChI is InChI=1S/C22H34N6O3/c1-15(25-23)28(24)19-7-5-16(6-8-19)20(29)27(17-9-10-17)18-11-13-26(14-12-18)21(30)31-22(2,3)4/h5-8,17-18H,9-14,23-24H2,1-4H3/p+1. The van der Waals surface area contributed by atoms with Crippen LogP contribution in [-0.4, -0.2) is 63.1 Å². The first-order chi connectivity index (χ1) is 14.6. The van der Waals surface area contributed by atoms with Gasteiger partial charge in [-0.25, -0.2) is 10.2 Å². The molecule has 31 heavy (non-hydrogen) atoms. The molecular weight excluding hydrogens is 396 g/mol. The summed E-state index contributed by atoms with van der Waals surface area (Å²) in [6, 6.07) is 7.63. The van der Waals surface area contributed by atoms with Crippen LogP contribution in [0.4, 0.5) is 10.5 Å². The summed E-state index contributed by atoms with van der Waals surface area (Å²) >= 11 is 0. The van der Waals surface area contributed by atoms with Gasteiger partial charge in [0, 0.05) is 37.7 Å². The predicted molar refractivity (Wildman–Crippen MR) is 119 cm³/mol. The third-order valence-corrected chi connectivity index (χ3v) is 5.65. The number of hydrogen-bond donors (Lipinski definition) is 3. The number of carbonyl (C=O) groups is 2. The van der Waals surface area contributed by atoms with Crippen molar-refractivity contribution in [3.8, 4) is 0 Å². The number of piperidine rings is 1. The minimum absolute atomic E-state index is 0.0333. The number of carbonyl (C=O) groups excluding carboxylic acids is 2. The molecule has 2 aliphatic rings. The third-order valence-electron chi connectivity index (χ3n) is 5.65. The molecule has 1 aromatic carbocycles. The lowest BCUT2D eigenvalue weighted by molar-refractivity contribution is -0.455. The van der Waals surface area contributed by atoms with Gasteiger partial charge in [-0.1, -0.05) is 0 Å². The molecule has 1 aliphatic heterocycles. The molecule has 0 unspecified atom stereocenters. The van der Waals surface area contributed by atoms with Crippen molar-refractivity contribution < 1.29 is 19.0 Å². The number of hydrogen-bond acceptors (Lipinski definition) is 5. The fourth-order valence-electron chi connectivity index (χ4n) is 3.81. The highest BCUT2D eigenvalue weighted by Crippen LogP contribution is 2.33. The van der Waals surface area contributed by atoms with Crippen molar-refractivity contribution in [2.45, 2.75) is 71.1 Å². The van der Waals surface area contributed by atoms with Gasteiger partial charge in [0.05, 0.1) is 0 Å². The molecule has 5 N–H and O–H groups in total. The highest BCUT2D eigenvalue weighted by atomic mass is 16.6. The van der Waals surface area contributed by atoms with Crippen LogP contribution >= 0.6 is 0 Å². The van der Waals surface area contributed by atoms with Crippen molar-refractivity contribution in [2.24, 2.45) is 11.7 Å². The van der Waals surface area contributed by atoms with Gasteiger partial charge in [0.15, 0.2) is 5.69 Å². The molecule has 0 bridgehead atoms. The summed E-state index contributed by atoms with van der Waals surface area (Å²) in [6.45, 7) is 8.55. The van der Waals surface area contributed by atoms with Gasteiger partial charge in [-0.2, -0.15) is 5.84 Å². The fraction of sp³-hybridized carbons (Fsp3) is 0.591. The van der Waals surface area contributed by atoms with Crippen molar-refractivity contribution in [3.05, 3.63) is 29.8 Å². The molecule has 170 valence electrons. The summed E-state index contributed by atoms with van der Waals surface area (Å²) in [7, 11) is 0. The Bertz CT molecular complexity index is 834. The number of amidine groups is 1. The van der Waals surface area contributed by atoms with E-state index in [-0.39, 0.29) is 24.1 Å². The number of rotatable bonds is 4. The number of nitrogens with zero attached hydrogens (tertiary/aromatic N) is 3. The van der Waals surface area contributed by atoms with Gasteiger partial charge in [-0.3, -0.25) is 10.6 Å². The minimum atomic E-state index is -0.508. The van der Waals surface area contributed by atoms with E-state index in [9.17, 15) is 9.59 Å². The van der Waals surface area contributed by atoms with E-state index < -0.39 is 5.60 Å². The zero-order valence-electron chi connectivity index (χ0n) is 18.9. The Morgan fingerprint density at radius 3 is 2.13 bits per heavy atom. The van der Waals surface area contributed by atoms with E-state index in [4.69, 9.17) is 16.4 Å². The van der Waals surface area contributed by atoms with Crippen LogP contribution < -0.4 is 17.1 Å². The molecule has 0 radical (unpaired) electrons. The Morgan fingerprint density at radius 1 is 1.10 bits per heavy atom. The van der Waals surface area contributed by atoms with Crippen LogP contribution in [0.1, 0.15) is 63.7 Å². The SMILES string of the molecule is C/C(NN)=[N+](/N)c1ccc(C(=O)N(C2CC2)C2CCN(C(=O)OC(C)(C)C)CC2)cc1. The quantitative estimate of drug-likeness (QED) is 0.221. The normalized spacial score (nSPS) is 18.3. The van der Waals surface area contributed by atoms with E-state index in [2.05, 4.69) is 5.43 Å². The molecule has 1 saturated heterocycles. The topological polar surface area (TPSA) is 117 Å². The van der Waals surface area contributed by atoms with Gasteiger partial charge < -0.3 is 14.5 Å². The molecule has 9 heteroatoms. The Kier molecular flexibility index (Phi) is 6.74. The second-order valence-corrected chi connectivity index (χ2v) is 9.29. The number of ether oxygens (including phenoxy) is 1. The summed E-state index contributed by atoms with van der Waals surface area (Å²) in [4.78, 5) is 29.5. The lowest BCUT2D eigenvalue weighted by atomic mass is 10.0. The van der Waals surface area contributed by atoms with Gasteiger partial charge in [-0.15, -0.1) is 4.68 Å². The largest absolute Gasteiger partial charge is 0.444 e. The Morgan fingerprint density at radius 2 is 1.65 bits per heavy atom. The lowest BCUT2D eigenvalue weighted by Crippen LogP contribution is -2.50. The lowest BCUT2D eigenvalue weighted by Gasteiger charge is -2.39. The summed E-state index contributed by atoms with van der Waals surface area (Å²) in [5, 5.41) is 0. The molecule has 0 spiro atoms. The monoisotopic (exact) mass is 431 g/mol. The Balaban J connectivity index is 1.67. The molecule has 0 atom stereocenters. The second kappa shape index (κ2) is 9.13. The van der Waals surface area contributed by atoms with Crippen molar-refractivity contribution in [3.63, 3.8) is 0 Å². The number of hydrazone groups is 1. The molecule has 2 fully saturated rings. The van der Waals surface area contributed by atoms with Crippen molar-refractivity contribution >= 4 is 23.5 Å². The van der Waals surface area contributed by atoms with E-state index in [1.54, 1.807) is 24.0 Å². The molecule has 1 saturated carbocycles. The fourth-order valence-corrected chi connectivity index (χ4v) is 3.81. The summed E-state index contributed by atoms with van der Waals surface area (Å²) in [5.74, 6) is 12.0. The first-order valence-corrected chi connectivity index (χ1v) is 10.9. The van der Waals surface area contributed by atoms with Gasteiger partial charge in [0.1, 0.15) is 5.60 Å². The van der Waals surface area contributed by atoms with Crippen LogP contribution in [0.15, 0.2) is 24.3 Å². The van der Waals surface area contributed by atoms with E-state index >= 15 is 0 Å². The smallest absolute Gasteiger partial charge is 0.410 e. The van der Waals surface area contributed by atoms with Crippen LogP contribution in [0, 0.1) is 0 Å². The average molecular weight is 432 g/mol. The van der Waals surface area contributed by atoms with E-state index in [0.29, 0.717) is 24.5 Å². The molecule has 3 rings (SSSR count). The number of amides is 2. The van der Waals surface area contributed by atoms with E-state index in [0.717, 1.165) is 31.4 Å². The number of likely N-dealkylation sites (tertiary alicyclic amines) is 1. The molecule has 1 aromatic rings. The first kappa shape index (κ1) is 22.9. The summed E-state index contributed by atoms with van der Waals surface area (Å²) in [6.07, 6.45) is 3.29. The van der Waals surface area contributed by atoms with Crippen molar-refractivity contribution in [1.29, 1.82) is 0 Å². The molecule has 9 nitrogen and oxygen atoms in total. The Labute approximate surface area is 183 Å². The average Bonchev–Trinajstić information content (AvgIpc) is 3.57. The van der Waals surface area contributed by atoms with Gasteiger partial charge >= 0.3 is 6.09 Å². The number of nitrogens with one attached hydrogen (secondary N) is 1. The van der Waals surface area contributed by atoms with Crippen LogP contribution in [0.3, 0.4) is 0 Å². The molecule has 1 aliphatic carbocycles. The maximum Gasteiger partial charge on any atom is 0.410 e. The Hall–Kier alpha value is -2.81. The van der Waals surface area contributed by atoms with Crippen LogP contribution in [0.2, 0.25) is 0 Å². The van der Waals surface area contributed by atoms with Gasteiger partial charge in [-0.05, 0) is 70.7 Å². The minimum Gasteiger partial charge on any atom is -0.444 e. The van der Waals surface area contributed by atoms with Crippen molar-refractivity contribution in [1.82, 2.24) is 15.2 Å². The van der Waals surface area contributed by atoms with Crippen LogP contribution in [0.5, 0.6) is 0 Å². The summed E-state index contributed by atoms with van der Waals surface area (Å²) in [5.41, 5.74) is 3.37. The summed E-state index contributed by atoms with van der Waals surface area (Å²) < 4.78 is 6.91. The zero-order chi connectivity index (χ0) is 22.8. The highest BCUT2D eigenvalue weighted by molar-refractivity contribution is 5.95. The van der Waals surface area contributed by atoms with Crippen molar-refractivity contribution in [2.75, 3.05) is 13.1 Å². The number of nitrogens with two attached hydrogens (primary N) is 2. The highest BCUT2D eigenvalue weighted by Gasteiger charge is 2.39. The molecule has 1 heterocycles. The van der Waals surface area contributed by atoms with Gasteiger partial charge in [0.25, 0.3) is 11.7 Å². The third kappa shape index (κ3) is 5.66. The molecule has 0 aromatic heterocycles. The zero-order valence-corrected chi connectivity index (χ0v) is 18.9. The molecule has 2 amide bonds. The number of benzene rings is 1. The van der Waals surface area contributed by atoms with Gasteiger partial charge in [0.2, 0.25) is 0 Å². The second-order valence-electron chi connectivity index (χ2n) is 9.29. The van der Waals surface area contributed by atoms with Crippen LogP contribution in [0.25, 0.3) is 0 Å². The van der Waals surface area contributed by atoms with Crippen LogP contribution in [-0.2, 0) is 4.74 Å². The van der Waals surface area contributed by atoms with E-state index in [1.807, 2.05) is 37.8 Å². The predicted octanol–water partition coefficient (Wildman–Crippen LogP) is 2.09. The molecular formula is C22H35N6O3+. The maximum atomic E-state index is 13.3. The van der Waals surface area contributed by atoms with E-state index in [1.165, 1.54) is 4.68 Å².